The molecule has 2 aromatic rings. The largest absolute Gasteiger partial charge is 0.464 e. The van der Waals surface area contributed by atoms with Crippen molar-refractivity contribution in [1.29, 1.82) is 0 Å². The zero-order valence-electron chi connectivity index (χ0n) is 17.0. The van der Waals surface area contributed by atoms with Crippen LogP contribution in [0, 0.1) is 0 Å². The van der Waals surface area contributed by atoms with Gasteiger partial charge in [-0.3, -0.25) is 14.2 Å². The highest BCUT2D eigenvalue weighted by Gasteiger charge is 2.49. The van der Waals surface area contributed by atoms with Crippen LogP contribution in [0.5, 0.6) is 0 Å². The maximum Gasteiger partial charge on any atom is 0.343 e. The number of rotatable bonds is 8. The Kier molecular flexibility index (Phi) is 7.08. The van der Waals surface area contributed by atoms with Crippen LogP contribution in [0.1, 0.15) is 33.0 Å². The molecule has 0 aliphatic carbocycles. The molecule has 1 aromatic heterocycles. The monoisotopic (exact) mass is 403 g/mol. The van der Waals surface area contributed by atoms with Gasteiger partial charge in [0.1, 0.15) is 5.82 Å². The molecule has 156 valence electrons. The molecule has 1 N–H and O–H groups in total. The van der Waals surface area contributed by atoms with E-state index in [1.807, 2.05) is 0 Å². The van der Waals surface area contributed by atoms with E-state index in [2.05, 4.69) is 10.3 Å². The molecule has 2 rings (SSSR count). The highest BCUT2D eigenvalue weighted by molar-refractivity contribution is 6.07. The molecule has 0 aliphatic rings. The number of aromatic nitrogens is 2. The fraction of sp³-hybridized carbons (Fsp3) is 0.450. The fourth-order valence-electron chi connectivity index (χ4n) is 3.05. The Hall–Kier alpha value is -3.23. The Balaban J connectivity index is 2.48. The number of carbonyl (C=O) groups is 3. The Morgan fingerprint density at radius 2 is 1.69 bits per heavy atom. The molecule has 29 heavy (non-hydrogen) atoms. The van der Waals surface area contributed by atoms with Gasteiger partial charge in [-0.25, -0.2) is 14.6 Å². The first-order valence-electron chi connectivity index (χ1n) is 9.34. The number of benzene rings is 1. The van der Waals surface area contributed by atoms with Crippen LogP contribution >= 0.6 is 0 Å². The van der Waals surface area contributed by atoms with Gasteiger partial charge in [0.15, 0.2) is 0 Å². The maximum atomic E-state index is 12.7. The topological polar surface area (TPSA) is 117 Å². The minimum Gasteiger partial charge on any atom is -0.464 e. The van der Waals surface area contributed by atoms with Crippen molar-refractivity contribution in [3.8, 4) is 0 Å². The third kappa shape index (κ3) is 4.61. The molecule has 0 unspecified atom stereocenters. The summed E-state index contributed by atoms with van der Waals surface area (Å²) in [4.78, 5) is 54.2. The van der Waals surface area contributed by atoms with E-state index >= 15 is 0 Å². The van der Waals surface area contributed by atoms with Crippen molar-refractivity contribution in [2.75, 3.05) is 13.2 Å². The minimum absolute atomic E-state index is 0.0201. The first-order valence-corrected chi connectivity index (χ1v) is 9.34. The summed E-state index contributed by atoms with van der Waals surface area (Å²) in [6.45, 7) is 4.42. The van der Waals surface area contributed by atoms with Gasteiger partial charge in [-0.1, -0.05) is 12.1 Å². The van der Waals surface area contributed by atoms with Gasteiger partial charge in [-0.15, -0.1) is 0 Å². The SMILES string of the molecule is CCOC(=O)C(CCc1nc2ccccc2c(=O)n1C)(NC(C)=O)C(=O)OCC. The first-order chi connectivity index (χ1) is 13.8. The molecule has 9 heteroatoms. The van der Waals surface area contributed by atoms with E-state index in [1.165, 1.54) is 11.5 Å². The Labute approximate surface area is 168 Å². The lowest BCUT2D eigenvalue weighted by molar-refractivity contribution is -0.168. The lowest BCUT2D eigenvalue weighted by atomic mass is 9.92. The summed E-state index contributed by atoms with van der Waals surface area (Å²) in [5.74, 6) is -2.07. The lowest BCUT2D eigenvalue weighted by Crippen LogP contribution is -2.61. The number of para-hydroxylation sites is 1. The van der Waals surface area contributed by atoms with Crippen molar-refractivity contribution < 1.29 is 23.9 Å². The van der Waals surface area contributed by atoms with E-state index in [9.17, 15) is 19.2 Å². The number of hydrogen-bond donors (Lipinski definition) is 1. The Bertz CT molecular complexity index is 964. The van der Waals surface area contributed by atoms with E-state index < -0.39 is 23.4 Å². The predicted octanol–water partition coefficient (Wildman–Crippen LogP) is 0.867. The van der Waals surface area contributed by atoms with Crippen LogP contribution in [-0.2, 0) is 37.3 Å². The summed E-state index contributed by atoms with van der Waals surface area (Å²) in [7, 11) is 1.56. The standard InChI is InChI=1S/C20H25N3O6/c1-5-28-18(26)20(22-13(3)24,19(27)29-6-2)12-11-16-21-15-10-8-7-9-14(15)17(25)23(16)4/h7-10H,5-6,11-12H2,1-4H3,(H,22,24). The maximum absolute atomic E-state index is 12.7. The average molecular weight is 403 g/mol. The Morgan fingerprint density at radius 3 is 2.24 bits per heavy atom. The van der Waals surface area contributed by atoms with Crippen LogP contribution in [0.2, 0.25) is 0 Å². The number of nitrogens with one attached hydrogen (secondary N) is 1. The summed E-state index contributed by atoms with van der Waals surface area (Å²) < 4.78 is 11.4. The summed E-state index contributed by atoms with van der Waals surface area (Å²) in [5, 5.41) is 2.86. The molecule has 0 saturated carbocycles. The van der Waals surface area contributed by atoms with Gasteiger partial charge in [0, 0.05) is 20.4 Å². The van der Waals surface area contributed by atoms with Gasteiger partial charge in [0.2, 0.25) is 11.4 Å². The van der Waals surface area contributed by atoms with Crippen molar-refractivity contribution in [3.63, 3.8) is 0 Å². The molecule has 1 aromatic carbocycles. The van der Waals surface area contributed by atoms with Crippen LogP contribution in [0.4, 0.5) is 0 Å². The van der Waals surface area contributed by atoms with Crippen molar-refractivity contribution in [1.82, 2.24) is 14.9 Å². The van der Waals surface area contributed by atoms with Crippen LogP contribution in [0.25, 0.3) is 10.9 Å². The third-order valence-corrected chi connectivity index (χ3v) is 4.44. The number of amides is 1. The normalized spacial score (nSPS) is 11.2. The number of carbonyl (C=O) groups excluding carboxylic acids is 3. The molecule has 9 nitrogen and oxygen atoms in total. The molecule has 0 saturated heterocycles. The molecule has 0 radical (unpaired) electrons. The molecule has 0 bridgehead atoms. The molecule has 0 fully saturated rings. The molecule has 0 spiro atoms. The van der Waals surface area contributed by atoms with Gasteiger partial charge < -0.3 is 14.8 Å². The van der Waals surface area contributed by atoms with Crippen molar-refractivity contribution in [2.24, 2.45) is 7.05 Å². The molecule has 1 amide bonds. The van der Waals surface area contributed by atoms with E-state index in [0.717, 1.165) is 0 Å². The van der Waals surface area contributed by atoms with Gasteiger partial charge in [-0.2, -0.15) is 0 Å². The van der Waals surface area contributed by atoms with Crippen LogP contribution < -0.4 is 10.9 Å². The number of aryl methyl sites for hydroxylation is 1. The summed E-state index contributed by atoms with van der Waals surface area (Å²) in [6, 6.07) is 6.89. The number of ether oxygens (including phenoxy) is 2. The van der Waals surface area contributed by atoms with Crippen molar-refractivity contribution >= 4 is 28.7 Å². The number of hydrogen-bond acceptors (Lipinski definition) is 7. The van der Waals surface area contributed by atoms with Crippen molar-refractivity contribution in [3.05, 3.63) is 40.4 Å². The molecular weight excluding hydrogens is 378 g/mol. The van der Waals surface area contributed by atoms with Gasteiger partial charge in [0.25, 0.3) is 5.56 Å². The number of nitrogens with zero attached hydrogens (tertiary/aromatic N) is 2. The van der Waals surface area contributed by atoms with Gasteiger partial charge >= 0.3 is 11.9 Å². The van der Waals surface area contributed by atoms with Crippen molar-refractivity contribution in [2.45, 2.75) is 39.2 Å². The summed E-state index contributed by atoms with van der Waals surface area (Å²) >= 11 is 0. The zero-order chi connectivity index (χ0) is 21.6. The molecule has 0 atom stereocenters. The smallest absolute Gasteiger partial charge is 0.343 e. The highest BCUT2D eigenvalue weighted by Crippen LogP contribution is 2.20. The number of esters is 2. The molecular formula is C20H25N3O6. The van der Waals surface area contributed by atoms with Gasteiger partial charge in [-0.05, 0) is 32.4 Å². The second-order valence-corrected chi connectivity index (χ2v) is 6.44. The summed E-state index contributed by atoms with van der Waals surface area (Å²) in [5.41, 5.74) is -1.77. The van der Waals surface area contributed by atoms with Crippen LogP contribution in [0.3, 0.4) is 0 Å². The summed E-state index contributed by atoms with van der Waals surface area (Å²) in [6.07, 6.45) is -0.128. The Morgan fingerprint density at radius 1 is 1.10 bits per heavy atom. The van der Waals surface area contributed by atoms with Crippen LogP contribution in [0.15, 0.2) is 29.1 Å². The quantitative estimate of drug-likeness (QED) is 0.513. The first kappa shape index (κ1) is 22.1. The highest BCUT2D eigenvalue weighted by atomic mass is 16.6. The predicted molar refractivity (Wildman–Crippen MR) is 105 cm³/mol. The minimum atomic E-state index is -2.03. The zero-order valence-corrected chi connectivity index (χ0v) is 17.0. The molecule has 1 heterocycles. The third-order valence-electron chi connectivity index (χ3n) is 4.44. The van der Waals surface area contributed by atoms with E-state index in [1.54, 1.807) is 45.2 Å². The van der Waals surface area contributed by atoms with E-state index in [0.29, 0.717) is 16.7 Å². The average Bonchev–Trinajstić information content (AvgIpc) is 2.68. The number of fused-ring (bicyclic) bond motifs is 1. The van der Waals surface area contributed by atoms with E-state index in [-0.39, 0.29) is 31.6 Å². The second-order valence-electron chi connectivity index (χ2n) is 6.44. The van der Waals surface area contributed by atoms with Crippen LogP contribution in [-0.4, -0.2) is 46.1 Å². The van der Waals surface area contributed by atoms with Gasteiger partial charge in [0.05, 0.1) is 24.1 Å². The van der Waals surface area contributed by atoms with E-state index in [4.69, 9.17) is 9.47 Å². The second kappa shape index (κ2) is 9.31. The lowest BCUT2D eigenvalue weighted by Gasteiger charge is -2.29. The molecule has 0 aliphatic heterocycles. The fourth-order valence-corrected chi connectivity index (χ4v) is 3.05.